The lowest BCUT2D eigenvalue weighted by Gasteiger charge is -2.14. The van der Waals surface area contributed by atoms with Crippen molar-refractivity contribution >= 4 is 45.1 Å². The van der Waals surface area contributed by atoms with Gasteiger partial charge in [0.2, 0.25) is 0 Å². The lowest BCUT2D eigenvalue weighted by molar-refractivity contribution is 0.188. The van der Waals surface area contributed by atoms with Crippen molar-refractivity contribution in [2.24, 2.45) is 0 Å². The van der Waals surface area contributed by atoms with E-state index in [0.29, 0.717) is 11.5 Å². The first-order valence-corrected chi connectivity index (χ1v) is 14.8. The number of alkyl halides is 2. The average Bonchev–Trinajstić information content (AvgIpc) is 2.77. The van der Waals surface area contributed by atoms with Gasteiger partial charge in [-0.3, -0.25) is 0 Å². The largest absolute Gasteiger partial charge is 0.442 e. The lowest BCUT2D eigenvalue weighted by Crippen LogP contribution is -2.06. The van der Waals surface area contributed by atoms with Gasteiger partial charge in [0.25, 0.3) is 0 Å². The molecule has 3 rings (SSSR count). The molecule has 0 saturated carbocycles. The van der Waals surface area contributed by atoms with Crippen LogP contribution in [0.5, 0.6) is 5.75 Å². The first-order chi connectivity index (χ1) is 15.6. The Bertz CT molecular complexity index is 1260. The van der Waals surface area contributed by atoms with Crippen molar-refractivity contribution in [2.75, 3.05) is 0 Å². The molecule has 1 N–H and O–H groups in total. The third-order valence-electron chi connectivity index (χ3n) is 4.56. The molecule has 0 fully saturated rings. The number of thioether (sulfide) groups is 1. The second kappa shape index (κ2) is 11.1. The molecule has 5 nitrogen and oxygen atoms in total. The Kier molecular flexibility index (Phi) is 8.75. The highest BCUT2D eigenvalue weighted by atomic mass is 79.9. The van der Waals surface area contributed by atoms with Crippen LogP contribution in [-0.4, -0.2) is 19.5 Å². The van der Waals surface area contributed by atoms with Crippen LogP contribution in [-0.2, 0) is 31.7 Å². The van der Waals surface area contributed by atoms with Gasteiger partial charge >= 0.3 is 13.8 Å². The van der Waals surface area contributed by atoms with E-state index in [2.05, 4.69) is 20.5 Å². The van der Waals surface area contributed by atoms with Gasteiger partial charge in [0.05, 0.1) is 15.1 Å². The number of hydrogen-bond donors (Lipinski definition) is 1. The zero-order chi connectivity index (χ0) is 24.1. The fraction of sp³-hybridized carbons (Fsp3) is 0.182. The molecule has 0 radical (unpaired) electrons. The topological polar surface area (TPSA) is 80.7 Å². The van der Waals surface area contributed by atoms with Crippen LogP contribution in [0.4, 0.5) is 8.78 Å². The third kappa shape index (κ3) is 7.13. The molecule has 0 aliphatic rings. The fourth-order valence-corrected chi connectivity index (χ4v) is 6.52. The smallest absolute Gasteiger partial charge is 0.420 e. The van der Waals surface area contributed by atoms with Gasteiger partial charge in [0.1, 0.15) is 5.75 Å². The van der Waals surface area contributed by atoms with Crippen LogP contribution in [0.1, 0.15) is 16.7 Å². The fourth-order valence-electron chi connectivity index (χ4n) is 2.92. The molecule has 0 bridgehead atoms. The van der Waals surface area contributed by atoms with E-state index < -0.39 is 23.6 Å². The number of sulfone groups is 1. The molecule has 0 aromatic heterocycles. The maximum absolute atomic E-state index is 12.8. The van der Waals surface area contributed by atoms with Gasteiger partial charge < -0.3 is 9.42 Å². The van der Waals surface area contributed by atoms with Crippen molar-refractivity contribution in [3.05, 3.63) is 94.0 Å². The van der Waals surface area contributed by atoms with Gasteiger partial charge in [-0.2, -0.15) is 20.5 Å². The minimum atomic E-state index is -5.05. The van der Waals surface area contributed by atoms with E-state index in [-0.39, 0.29) is 20.9 Å². The zero-order valence-corrected chi connectivity index (χ0v) is 21.2. The summed E-state index contributed by atoms with van der Waals surface area (Å²) in [6, 6.07) is 20.2. The summed E-state index contributed by atoms with van der Waals surface area (Å²) in [6.07, 6.45) is -3.49. The van der Waals surface area contributed by atoms with Gasteiger partial charge in [-0.05, 0) is 56.9 Å². The van der Waals surface area contributed by atoms with E-state index in [0.717, 1.165) is 16.7 Å². The molecule has 0 heterocycles. The molecule has 0 aliphatic heterocycles. The molecule has 3 aromatic rings. The van der Waals surface area contributed by atoms with E-state index in [1.165, 1.54) is 6.07 Å². The SMILES string of the molecule is O=P(O)(Oc1ccc(CSCc2ccccc2CS(=O)(=O)c2ccccc2)cc1Br)C(F)F. The first kappa shape index (κ1) is 25.9. The molecule has 33 heavy (non-hydrogen) atoms. The molecule has 1 atom stereocenters. The molecule has 3 aromatic carbocycles. The van der Waals surface area contributed by atoms with Crippen molar-refractivity contribution < 1.29 is 31.2 Å². The molecular weight excluding hydrogens is 557 g/mol. The van der Waals surface area contributed by atoms with Crippen molar-refractivity contribution in [3.63, 3.8) is 0 Å². The Hall–Kier alpha value is -1.71. The van der Waals surface area contributed by atoms with Crippen molar-refractivity contribution in [2.45, 2.75) is 28.3 Å². The summed E-state index contributed by atoms with van der Waals surface area (Å²) >= 11 is 4.72. The summed E-state index contributed by atoms with van der Waals surface area (Å²) in [5, 5.41) is 0. The van der Waals surface area contributed by atoms with E-state index in [1.54, 1.807) is 66.4 Å². The van der Waals surface area contributed by atoms with Crippen LogP contribution in [0.3, 0.4) is 0 Å². The quantitative estimate of drug-likeness (QED) is 0.272. The maximum atomic E-state index is 12.8. The Balaban J connectivity index is 1.65. The highest BCUT2D eigenvalue weighted by molar-refractivity contribution is 9.10. The first-order valence-electron chi connectivity index (χ1n) is 9.59. The van der Waals surface area contributed by atoms with Gasteiger partial charge in [-0.25, -0.2) is 13.0 Å². The molecule has 0 amide bonds. The second-order valence-electron chi connectivity index (χ2n) is 7.03. The van der Waals surface area contributed by atoms with Gasteiger partial charge in [0, 0.05) is 11.5 Å². The molecule has 11 heteroatoms. The van der Waals surface area contributed by atoms with E-state index in [9.17, 15) is 26.7 Å². The molecule has 0 saturated heterocycles. The van der Waals surface area contributed by atoms with Gasteiger partial charge in [-0.15, -0.1) is 0 Å². The van der Waals surface area contributed by atoms with E-state index in [4.69, 9.17) is 0 Å². The number of rotatable bonds is 10. The van der Waals surface area contributed by atoms with Crippen molar-refractivity contribution in [1.82, 2.24) is 0 Å². The monoisotopic (exact) mass is 576 g/mol. The minimum absolute atomic E-state index is 0.101. The van der Waals surface area contributed by atoms with Crippen molar-refractivity contribution in [3.8, 4) is 5.75 Å². The number of halogens is 3. The van der Waals surface area contributed by atoms with Crippen molar-refractivity contribution in [1.29, 1.82) is 0 Å². The van der Waals surface area contributed by atoms with Crippen LogP contribution >= 0.6 is 35.3 Å². The minimum Gasteiger partial charge on any atom is -0.420 e. The predicted molar refractivity (Wildman–Crippen MR) is 129 cm³/mol. The number of hydrogen-bond acceptors (Lipinski definition) is 5. The zero-order valence-electron chi connectivity index (χ0n) is 17.1. The van der Waals surface area contributed by atoms with Crippen LogP contribution in [0.15, 0.2) is 82.2 Å². The summed E-state index contributed by atoms with van der Waals surface area (Å²) in [7, 11) is -8.52. The standard InChI is InChI=1S/C22H20BrF2O5PS2/c23-20-12-16(10-11-21(20)30-31(26,27)22(24)25)13-32-14-17-6-4-5-7-18(17)15-33(28,29)19-8-2-1-3-9-19/h1-12,22H,13-15H2,(H,26,27). The molecule has 0 spiro atoms. The predicted octanol–water partition coefficient (Wildman–Crippen LogP) is 6.64. The van der Waals surface area contributed by atoms with Crippen LogP contribution in [0.2, 0.25) is 0 Å². The van der Waals surface area contributed by atoms with Crippen LogP contribution in [0, 0.1) is 0 Å². The third-order valence-corrected chi connectivity index (χ3v) is 8.87. The normalized spacial score (nSPS) is 13.6. The van der Waals surface area contributed by atoms with E-state index in [1.807, 2.05) is 12.1 Å². The highest BCUT2D eigenvalue weighted by Crippen LogP contribution is 2.50. The molecule has 176 valence electrons. The van der Waals surface area contributed by atoms with Gasteiger partial charge in [-0.1, -0.05) is 48.5 Å². The van der Waals surface area contributed by atoms with Gasteiger partial charge in [0.15, 0.2) is 9.84 Å². The maximum Gasteiger partial charge on any atom is 0.442 e. The number of benzene rings is 3. The summed E-state index contributed by atoms with van der Waals surface area (Å²) in [6.45, 7) is 0. The Morgan fingerprint density at radius 1 is 0.970 bits per heavy atom. The summed E-state index contributed by atoms with van der Waals surface area (Å²) in [4.78, 5) is 9.48. The molecule has 1 unspecified atom stereocenters. The average molecular weight is 577 g/mol. The van der Waals surface area contributed by atoms with Crippen LogP contribution < -0.4 is 4.52 Å². The Morgan fingerprint density at radius 2 is 1.61 bits per heavy atom. The Labute approximate surface area is 203 Å². The second-order valence-corrected chi connectivity index (χ2v) is 12.6. The molecular formula is C22H20BrF2O5PS2. The lowest BCUT2D eigenvalue weighted by atomic mass is 10.1. The summed E-state index contributed by atoms with van der Waals surface area (Å²) in [5.41, 5.74) is 2.46. The van der Waals surface area contributed by atoms with Crippen LogP contribution in [0.25, 0.3) is 0 Å². The summed E-state index contributed by atoms with van der Waals surface area (Å²) < 4.78 is 66.9. The summed E-state index contributed by atoms with van der Waals surface area (Å²) in [5.74, 6) is 0.862. The molecule has 0 aliphatic carbocycles. The highest BCUT2D eigenvalue weighted by Gasteiger charge is 2.34. The Morgan fingerprint density at radius 3 is 2.24 bits per heavy atom. The van der Waals surface area contributed by atoms with E-state index >= 15 is 0 Å².